The number of rotatable bonds is 5. The average Bonchev–Trinajstić information content (AvgIpc) is 3.38. The van der Waals surface area contributed by atoms with Crippen LogP contribution in [-0.4, -0.2) is 22.0 Å². The summed E-state index contributed by atoms with van der Waals surface area (Å²) in [5, 5.41) is 3.56. The minimum atomic E-state index is 0.100. The highest BCUT2D eigenvalue weighted by Gasteiger charge is 2.22. The quantitative estimate of drug-likeness (QED) is 0.494. The number of carbonyl (C=O) groups excluding carboxylic acids is 1. The van der Waals surface area contributed by atoms with Crippen molar-refractivity contribution in [3.05, 3.63) is 89.7 Å². The van der Waals surface area contributed by atoms with Gasteiger partial charge < -0.3 is 14.8 Å². The molecule has 5 nitrogen and oxygen atoms in total. The predicted molar refractivity (Wildman–Crippen MR) is 125 cm³/mol. The van der Waals surface area contributed by atoms with Gasteiger partial charge in [-0.15, -0.1) is 0 Å². The van der Waals surface area contributed by atoms with E-state index in [9.17, 15) is 4.79 Å². The van der Waals surface area contributed by atoms with Gasteiger partial charge in [-0.05, 0) is 54.8 Å². The van der Waals surface area contributed by atoms with Crippen molar-refractivity contribution in [2.45, 2.75) is 32.9 Å². The van der Waals surface area contributed by atoms with Gasteiger partial charge in [0.25, 0.3) is 0 Å². The van der Waals surface area contributed by atoms with Crippen molar-refractivity contribution in [3.63, 3.8) is 0 Å². The Morgan fingerprint density at radius 2 is 1.84 bits per heavy atom. The molecule has 1 aliphatic heterocycles. The Morgan fingerprint density at radius 3 is 2.65 bits per heavy atom. The Kier molecular flexibility index (Phi) is 4.94. The number of benzene rings is 3. The van der Waals surface area contributed by atoms with Crippen molar-refractivity contribution in [3.8, 4) is 0 Å². The Hall–Kier alpha value is -3.60. The number of nitrogens with one attached hydrogen (secondary N) is 1. The highest BCUT2D eigenvalue weighted by molar-refractivity contribution is 5.94. The monoisotopic (exact) mass is 410 g/mol. The first-order chi connectivity index (χ1) is 15.1. The molecule has 156 valence electrons. The van der Waals surface area contributed by atoms with Crippen LogP contribution in [0.1, 0.15) is 36.8 Å². The van der Waals surface area contributed by atoms with Gasteiger partial charge in [0.2, 0.25) is 5.91 Å². The summed E-state index contributed by atoms with van der Waals surface area (Å²) in [6, 6.07) is 25.3. The number of aromatic nitrogens is 2. The van der Waals surface area contributed by atoms with Crippen LogP contribution >= 0.6 is 0 Å². The molecule has 3 aromatic carbocycles. The largest absolute Gasteiger partial charge is 0.378 e. The van der Waals surface area contributed by atoms with Gasteiger partial charge >= 0.3 is 0 Å². The van der Waals surface area contributed by atoms with Gasteiger partial charge in [0.05, 0.1) is 23.6 Å². The van der Waals surface area contributed by atoms with Gasteiger partial charge in [0.15, 0.2) is 0 Å². The number of anilines is 2. The number of hydrogen-bond donors (Lipinski definition) is 1. The minimum absolute atomic E-state index is 0.100. The third-order valence-corrected chi connectivity index (χ3v) is 6.14. The minimum Gasteiger partial charge on any atom is -0.378 e. The SMILES string of the molecule is CC(=O)N1CCc2cc(NCc3nc4ccccc4n3[C@@H](C)c3ccccc3)ccc21. The van der Waals surface area contributed by atoms with Crippen LogP contribution in [0.5, 0.6) is 0 Å². The molecule has 2 heterocycles. The van der Waals surface area contributed by atoms with E-state index >= 15 is 0 Å². The molecular weight excluding hydrogens is 384 g/mol. The summed E-state index contributed by atoms with van der Waals surface area (Å²) < 4.78 is 2.32. The molecule has 31 heavy (non-hydrogen) atoms. The molecule has 5 rings (SSSR count). The maximum absolute atomic E-state index is 11.8. The van der Waals surface area contributed by atoms with Gasteiger partial charge in [-0.1, -0.05) is 42.5 Å². The van der Waals surface area contributed by atoms with E-state index < -0.39 is 0 Å². The summed E-state index contributed by atoms with van der Waals surface area (Å²) in [5.74, 6) is 1.10. The molecule has 1 aromatic heterocycles. The summed E-state index contributed by atoms with van der Waals surface area (Å²) in [4.78, 5) is 18.6. The number of para-hydroxylation sites is 2. The first-order valence-electron chi connectivity index (χ1n) is 10.8. The van der Waals surface area contributed by atoms with Crippen LogP contribution in [0, 0.1) is 0 Å². The van der Waals surface area contributed by atoms with Crippen molar-refractivity contribution < 1.29 is 4.79 Å². The van der Waals surface area contributed by atoms with Gasteiger partial charge in [0.1, 0.15) is 5.82 Å². The van der Waals surface area contributed by atoms with E-state index in [0.717, 1.165) is 41.2 Å². The molecule has 1 aliphatic rings. The van der Waals surface area contributed by atoms with E-state index in [2.05, 4.69) is 65.3 Å². The summed E-state index contributed by atoms with van der Waals surface area (Å²) >= 11 is 0. The zero-order valence-corrected chi connectivity index (χ0v) is 17.9. The standard InChI is InChI=1S/C26H26N4O/c1-18(20-8-4-3-5-9-20)30-25-11-7-6-10-23(25)28-26(30)17-27-22-12-13-24-21(16-22)14-15-29(24)19(2)31/h3-13,16,18,27H,14-15,17H2,1-2H3/t18-/m0/s1. The van der Waals surface area contributed by atoms with E-state index in [1.165, 1.54) is 11.1 Å². The van der Waals surface area contributed by atoms with Crippen molar-refractivity contribution in [1.29, 1.82) is 0 Å². The molecule has 0 unspecified atom stereocenters. The van der Waals surface area contributed by atoms with E-state index in [4.69, 9.17) is 4.98 Å². The molecule has 4 aromatic rings. The lowest BCUT2D eigenvalue weighted by molar-refractivity contribution is -0.116. The summed E-state index contributed by atoms with van der Waals surface area (Å²) in [6.07, 6.45) is 0.897. The lowest BCUT2D eigenvalue weighted by Gasteiger charge is -2.19. The predicted octanol–water partition coefficient (Wildman–Crippen LogP) is 5.17. The molecule has 1 atom stereocenters. The second-order valence-electron chi connectivity index (χ2n) is 8.09. The summed E-state index contributed by atoms with van der Waals surface area (Å²) in [5.41, 5.74) is 6.70. The van der Waals surface area contributed by atoms with Crippen LogP contribution in [-0.2, 0) is 17.8 Å². The van der Waals surface area contributed by atoms with Crippen LogP contribution in [0.2, 0.25) is 0 Å². The number of carbonyl (C=O) groups is 1. The first kappa shape index (κ1) is 19.4. The third kappa shape index (κ3) is 3.56. The smallest absolute Gasteiger partial charge is 0.223 e. The zero-order chi connectivity index (χ0) is 21.4. The second kappa shape index (κ2) is 7.91. The Bertz CT molecular complexity index is 1240. The van der Waals surface area contributed by atoms with Gasteiger partial charge in [-0.2, -0.15) is 0 Å². The topological polar surface area (TPSA) is 50.2 Å². The van der Waals surface area contributed by atoms with Crippen LogP contribution in [0.4, 0.5) is 11.4 Å². The molecule has 0 bridgehead atoms. The normalized spacial score (nSPS) is 13.9. The molecular formula is C26H26N4O. The van der Waals surface area contributed by atoms with E-state index in [1.54, 1.807) is 6.92 Å². The van der Waals surface area contributed by atoms with Crippen LogP contribution in [0.15, 0.2) is 72.8 Å². The average molecular weight is 411 g/mol. The fourth-order valence-corrected chi connectivity index (χ4v) is 4.55. The first-order valence-corrected chi connectivity index (χ1v) is 10.8. The lowest BCUT2D eigenvalue weighted by Crippen LogP contribution is -2.25. The highest BCUT2D eigenvalue weighted by Crippen LogP contribution is 2.31. The molecule has 1 amide bonds. The Morgan fingerprint density at radius 1 is 1.06 bits per heavy atom. The van der Waals surface area contributed by atoms with Crippen LogP contribution in [0.3, 0.4) is 0 Å². The number of amides is 1. The van der Waals surface area contributed by atoms with Crippen molar-refractivity contribution in [2.75, 3.05) is 16.8 Å². The fraction of sp³-hybridized carbons (Fsp3) is 0.231. The number of fused-ring (bicyclic) bond motifs is 2. The van der Waals surface area contributed by atoms with Gasteiger partial charge in [0, 0.05) is 24.8 Å². The molecule has 0 aliphatic carbocycles. The summed E-state index contributed by atoms with van der Waals surface area (Å²) in [6.45, 7) is 5.23. The maximum atomic E-state index is 11.8. The van der Waals surface area contributed by atoms with Crippen molar-refractivity contribution in [1.82, 2.24) is 9.55 Å². The third-order valence-electron chi connectivity index (χ3n) is 6.14. The number of nitrogens with zero attached hydrogens (tertiary/aromatic N) is 3. The van der Waals surface area contributed by atoms with Crippen LogP contribution in [0.25, 0.3) is 11.0 Å². The Labute approximate surface area is 182 Å². The van der Waals surface area contributed by atoms with Gasteiger partial charge in [-0.3, -0.25) is 4.79 Å². The van der Waals surface area contributed by atoms with Crippen molar-refractivity contribution in [2.24, 2.45) is 0 Å². The van der Waals surface area contributed by atoms with E-state index in [1.807, 2.05) is 29.2 Å². The maximum Gasteiger partial charge on any atom is 0.223 e. The number of hydrogen-bond acceptors (Lipinski definition) is 3. The van der Waals surface area contributed by atoms with E-state index in [-0.39, 0.29) is 11.9 Å². The highest BCUT2D eigenvalue weighted by atomic mass is 16.2. The van der Waals surface area contributed by atoms with Crippen LogP contribution < -0.4 is 10.2 Å². The molecule has 0 spiro atoms. The molecule has 5 heteroatoms. The molecule has 0 saturated carbocycles. The molecule has 1 N–H and O–H groups in total. The van der Waals surface area contributed by atoms with E-state index in [0.29, 0.717) is 6.54 Å². The number of imidazole rings is 1. The van der Waals surface area contributed by atoms with Gasteiger partial charge in [-0.25, -0.2) is 4.98 Å². The molecule has 0 fully saturated rings. The molecule has 0 saturated heterocycles. The van der Waals surface area contributed by atoms with Crippen molar-refractivity contribution >= 4 is 28.3 Å². The Balaban J connectivity index is 1.44. The zero-order valence-electron chi connectivity index (χ0n) is 17.9. The second-order valence-corrected chi connectivity index (χ2v) is 8.09. The lowest BCUT2D eigenvalue weighted by atomic mass is 10.1. The molecule has 0 radical (unpaired) electrons. The summed E-state index contributed by atoms with van der Waals surface area (Å²) in [7, 11) is 0. The fourth-order valence-electron chi connectivity index (χ4n) is 4.55.